The molecule has 0 saturated carbocycles. The van der Waals surface area contributed by atoms with Gasteiger partial charge in [-0.3, -0.25) is 0 Å². The summed E-state index contributed by atoms with van der Waals surface area (Å²) < 4.78 is 16.9. The Balaban J connectivity index is 1.32. The number of hydrogen-bond acceptors (Lipinski definition) is 5. The van der Waals surface area contributed by atoms with Crippen LogP contribution in [-0.2, 0) is 19.0 Å². The summed E-state index contributed by atoms with van der Waals surface area (Å²) in [5.41, 5.74) is 3.58. The molecule has 6 heteroatoms. The molecule has 2 aromatic carbocycles. The number of benzene rings is 2. The highest BCUT2D eigenvalue weighted by Crippen LogP contribution is 2.44. The molecule has 1 aliphatic carbocycles. The highest BCUT2D eigenvalue weighted by atomic mass is 16.6. The molecule has 0 spiro atoms. The maximum atomic E-state index is 12.9. The molecule has 2 saturated heterocycles. The van der Waals surface area contributed by atoms with Crippen LogP contribution in [0, 0.1) is 0 Å². The summed E-state index contributed by atoms with van der Waals surface area (Å²) in [6.45, 7) is 2.25. The number of nitrogens with one attached hydrogen (secondary N) is 1. The van der Waals surface area contributed by atoms with Crippen LogP contribution in [0.1, 0.15) is 49.7 Å². The van der Waals surface area contributed by atoms with Crippen molar-refractivity contribution in [2.45, 2.75) is 56.3 Å². The third-order valence-corrected chi connectivity index (χ3v) is 6.70. The lowest BCUT2D eigenvalue weighted by Crippen LogP contribution is -2.60. The molecule has 2 unspecified atom stereocenters. The van der Waals surface area contributed by atoms with E-state index in [4.69, 9.17) is 14.2 Å². The van der Waals surface area contributed by atoms with E-state index in [9.17, 15) is 9.59 Å². The van der Waals surface area contributed by atoms with Crippen molar-refractivity contribution >= 4 is 12.1 Å². The molecule has 2 aromatic rings. The van der Waals surface area contributed by atoms with Crippen LogP contribution in [0.15, 0.2) is 48.5 Å². The molecule has 2 fully saturated rings. The van der Waals surface area contributed by atoms with Crippen LogP contribution >= 0.6 is 0 Å². The Morgan fingerprint density at radius 1 is 0.968 bits per heavy atom. The fourth-order valence-corrected chi connectivity index (χ4v) is 5.36. The highest BCUT2D eigenvalue weighted by molar-refractivity contribution is 5.86. The van der Waals surface area contributed by atoms with Crippen LogP contribution in [0.25, 0.3) is 11.1 Å². The predicted molar refractivity (Wildman–Crippen MR) is 115 cm³/mol. The van der Waals surface area contributed by atoms with Gasteiger partial charge >= 0.3 is 12.1 Å². The quantitative estimate of drug-likeness (QED) is 0.734. The first-order valence-corrected chi connectivity index (χ1v) is 11.1. The molecule has 0 radical (unpaired) electrons. The van der Waals surface area contributed by atoms with E-state index in [0.29, 0.717) is 12.8 Å². The van der Waals surface area contributed by atoms with Crippen LogP contribution in [-0.4, -0.2) is 43.0 Å². The highest BCUT2D eigenvalue weighted by Gasteiger charge is 2.52. The van der Waals surface area contributed by atoms with Gasteiger partial charge in [0.2, 0.25) is 0 Å². The summed E-state index contributed by atoms with van der Waals surface area (Å²) >= 11 is 0. The van der Waals surface area contributed by atoms with Crippen molar-refractivity contribution in [1.82, 2.24) is 5.32 Å². The number of carbonyl (C=O) groups is 2. The number of fused-ring (bicyclic) bond motifs is 5. The molecule has 0 aromatic heterocycles. The molecule has 5 rings (SSSR count). The second kappa shape index (κ2) is 8.00. The summed E-state index contributed by atoms with van der Waals surface area (Å²) in [6, 6.07) is 16.4. The maximum Gasteiger partial charge on any atom is 0.408 e. The first-order chi connectivity index (χ1) is 15.1. The fourth-order valence-electron chi connectivity index (χ4n) is 5.36. The Hall–Kier alpha value is -2.86. The lowest BCUT2D eigenvalue weighted by Gasteiger charge is -2.38. The van der Waals surface area contributed by atoms with E-state index in [1.165, 1.54) is 11.1 Å². The van der Waals surface area contributed by atoms with Gasteiger partial charge in [0, 0.05) is 18.8 Å². The molecule has 1 N–H and O–H groups in total. The minimum absolute atomic E-state index is 0.0254. The van der Waals surface area contributed by atoms with Gasteiger partial charge in [0.1, 0.15) is 12.1 Å². The van der Waals surface area contributed by atoms with Gasteiger partial charge in [-0.15, -0.1) is 0 Å². The van der Waals surface area contributed by atoms with Gasteiger partial charge in [-0.25, -0.2) is 9.59 Å². The Morgan fingerprint density at radius 2 is 1.55 bits per heavy atom. The summed E-state index contributed by atoms with van der Waals surface area (Å²) in [4.78, 5) is 25.7. The van der Waals surface area contributed by atoms with Crippen LogP contribution in [0.3, 0.4) is 0 Å². The van der Waals surface area contributed by atoms with Gasteiger partial charge in [-0.05, 0) is 42.0 Å². The van der Waals surface area contributed by atoms with Crippen molar-refractivity contribution in [2.24, 2.45) is 0 Å². The molecule has 2 aliphatic heterocycles. The van der Waals surface area contributed by atoms with Crippen molar-refractivity contribution in [2.75, 3.05) is 13.2 Å². The zero-order valence-electron chi connectivity index (χ0n) is 17.6. The number of ether oxygens (including phenoxy) is 3. The van der Waals surface area contributed by atoms with Crippen LogP contribution in [0.5, 0.6) is 0 Å². The van der Waals surface area contributed by atoms with E-state index in [-0.39, 0.29) is 31.3 Å². The maximum absolute atomic E-state index is 12.9. The number of alkyl carbamates (subject to hydrolysis) is 1. The normalized spacial score (nSPS) is 26.1. The van der Waals surface area contributed by atoms with Crippen LogP contribution in [0.4, 0.5) is 4.79 Å². The van der Waals surface area contributed by atoms with Crippen molar-refractivity contribution in [3.05, 3.63) is 59.7 Å². The average molecular weight is 421 g/mol. The molecule has 31 heavy (non-hydrogen) atoms. The second-order valence-corrected chi connectivity index (χ2v) is 8.62. The van der Waals surface area contributed by atoms with E-state index in [1.54, 1.807) is 6.92 Å². The number of rotatable bonds is 5. The van der Waals surface area contributed by atoms with Crippen molar-refractivity contribution in [1.29, 1.82) is 0 Å². The van der Waals surface area contributed by atoms with E-state index in [1.807, 2.05) is 24.3 Å². The van der Waals surface area contributed by atoms with Gasteiger partial charge in [0.05, 0.1) is 18.8 Å². The SMILES string of the molecule is CCOC(=O)C1(NC(=O)OCC2c3ccccc3-c3ccccc32)CC2CCC(C1)O2. The minimum atomic E-state index is -1.08. The van der Waals surface area contributed by atoms with Gasteiger partial charge in [-0.1, -0.05) is 48.5 Å². The molecule has 2 bridgehead atoms. The Morgan fingerprint density at radius 3 is 2.13 bits per heavy atom. The third-order valence-electron chi connectivity index (χ3n) is 6.70. The largest absolute Gasteiger partial charge is 0.464 e. The Bertz CT molecular complexity index is 945. The summed E-state index contributed by atoms with van der Waals surface area (Å²) in [5.74, 6) is -0.425. The van der Waals surface area contributed by atoms with E-state index in [0.717, 1.165) is 24.0 Å². The zero-order chi connectivity index (χ0) is 21.4. The molecular weight excluding hydrogens is 394 g/mol. The monoisotopic (exact) mass is 421 g/mol. The first-order valence-electron chi connectivity index (χ1n) is 11.1. The number of esters is 1. The Labute approximate surface area is 181 Å². The van der Waals surface area contributed by atoms with Gasteiger partial charge in [0.15, 0.2) is 0 Å². The molecule has 162 valence electrons. The van der Waals surface area contributed by atoms with Crippen LogP contribution < -0.4 is 5.32 Å². The van der Waals surface area contributed by atoms with Crippen molar-refractivity contribution in [3.8, 4) is 11.1 Å². The number of amides is 1. The molecule has 1 amide bonds. The molecule has 2 heterocycles. The topological polar surface area (TPSA) is 73.9 Å². The first kappa shape index (κ1) is 20.1. The number of hydrogen-bond donors (Lipinski definition) is 1. The molecule has 6 nitrogen and oxygen atoms in total. The summed E-state index contributed by atoms with van der Waals surface area (Å²) in [5, 5.41) is 2.87. The van der Waals surface area contributed by atoms with Crippen molar-refractivity contribution < 1.29 is 23.8 Å². The van der Waals surface area contributed by atoms with E-state index in [2.05, 4.69) is 29.6 Å². The summed E-state index contributed by atoms with van der Waals surface area (Å²) in [6.07, 6.45) is 2.00. The zero-order valence-corrected chi connectivity index (χ0v) is 17.6. The standard InChI is InChI=1S/C25H27NO5/c1-2-29-23(27)25(13-16-11-12-17(14-25)31-16)26-24(28)30-15-22-20-9-5-3-7-18(20)19-8-4-6-10-21(19)22/h3-10,16-17,22H,2,11-15H2,1H3,(H,26,28). The van der Waals surface area contributed by atoms with Crippen LogP contribution in [0.2, 0.25) is 0 Å². The predicted octanol–water partition coefficient (Wildman–Crippen LogP) is 4.17. The van der Waals surface area contributed by atoms with Gasteiger partial charge in [0.25, 0.3) is 0 Å². The summed E-state index contributed by atoms with van der Waals surface area (Å²) in [7, 11) is 0. The van der Waals surface area contributed by atoms with E-state index >= 15 is 0 Å². The third kappa shape index (κ3) is 3.59. The second-order valence-electron chi connectivity index (χ2n) is 8.62. The Kier molecular flexibility index (Phi) is 5.18. The fraction of sp³-hybridized carbons (Fsp3) is 0.440. The average Bonchev–Trinajstić information content (AvgIpc) is 3.29. The molecule has 3 aliphatic rings. The van der Waals surface area contributed by atoms with Crippen molar-refractivity contribution in [3.63, 3.8) is 0 Å². The minimum Gasteiger partial charge on any atom is -0.464 e. The van der Waals surface area contributed by atoms with Gasteiger partial charge in [-0.2, -0.15) is 0 Å². The smallest absolute Gasteiger partial charge is 0.408 e. The number of carbonyl (C=O) groups excluding carboxylic acids is 2. The molecular formula is C25H27NO5. The lowest BCUT2D eigenvalue weighted by atomic mass is 9.86. The van der Waals surface area contributed by atoms with Gasteiger partial charge < -0.3 is 19.5 Å². The van der Waals surface area contributed by atoms with E-state index < -0.39 is 17.6 Å². The molecule has 2 atom stereocenters. The lowest BCUT2D eigenvalue weighted by molar-refractivity contribution is -0.158.